The SMILES string of the molecule is CC(C)Sc1c2c(c(CCN)c3c1OCCC3)OCCC2. The average Bonchev–Trinajstić information content (AvgIpc) is 2.50. The molecule has 2 aliphatic heterocycles. The Bertz CT molecular complexity index is 491. The minimum Gasteiger partial charge on any atom is -0.493 e. The molecule has 0 unspecified atom stereocenters. The van der Waals surface area contributed by atoms with Gasteiger partial charge in [-0.1, -0.05) is 13.8 Å². The highest BCUT2D eigenvalue weighted by Crippen LogP contribution is 2.48. The maximum Gasteiger partial charge on any atom is 0.136 e. The number of benzene rings is 1. The summed E-state index contributed by atoms with van der Waals surface area (Å²) in [7, 11) is 0. The molecule has 0 saturated heterocycles. The van der Waals surface area contributed by atoms with Crippen LogP contribution in [0.3, 0.4) is 0 Å². The minimum atomic E-state index is 0.547. The third-order valence-corrected chi connectivity index (χ3v) is 5.19. The molecule has 21 heavy (non-hydrogen) atoms. The van der Waals surface area contributed by atoms with E-state index >= 15 is 0 Å². The zero-order valence-electron chi connectivity index (χ0n) is 13.0. The van der Waals surface area contributed by atoms with Crippen molar-refractivity contribution in [2.45, 2.75) is 56.1 Å². The van der Waals surface area contributed by atoms with Crippen molar-refractivity contribution in [2.24, 2.45) is 5.73 Å². The lowest BCUT2D eigenvalue weighted by molar-refractivity contribution is 0.261. The van der Waals surface area contributed by atoms with Gasteiger partial charge in [0.05, 0.1) is 18.1 Å². The quantitative estimate of drug-likeness (QED) is 0.867. The highest BCUT2D eigenvalue weighted by molar-refractivity contribution is 8.00. The van der Waals surface area contributed by atoms with E-state index in [0.717, 1.165) is 56.8 Å². The number of fused-ring (bicyclic) bond motifs is 2. The molecular formula is C17H25NO2S. The maximum absolute atomic E-state index is 6.09. The van der Waals surface area contributed by atoms with E-state index in [2.05, 4.69) is 13.8 Å². The van der Waals surface area contributed by atoms with Crippen molar-refractivity contribution in [3.63, 3.8) is 0 Å². The van der Waals surface area contributed by atoms with Crippen LogP contribution in [-0.2, 0) is 19.3 Å². The first-order valence-corrected chi connectivity index (χ1v) is 8.93. The van der Waals surface area contributed by atoms with E-state index in [1.54, 1.807) is 0 Å². The Morgan fingerprint density at radius 3 is 2.38 bits per heavy atom. The normalized spacial score (nSPS) is 17.0. The van der Waals surface area contributed by atoms with Crippen molar-refractivity contribution in [3.05, 3.63) is 16.7 Å². The Balaban J connectivity index is 2.19. The Morgan fingerprint density at radius 1 is 1.05 bits per heavy atom. The van der Waals surface area contributed by atoms with Crippen LogP contribution in [0.4, 0.5) is 0 Å². The van der Waals surface area contributed by atoms with Crippen molar-refractivity contribution in [2.75, 3.05) is 19.8 Å². The van der Waals surface area contributed by atoms with Crippen LogP contribution >= 0.6 is 11.8 Å². The molecule has 2 aliphatic rings. The molecule has 0 atom stereocenters. The zero-order valence-corrected chi connectivity index (χ0v) is 13.9. The van der Waals surface area contributed by atoms with Crippen molar-refractivity contribution >= 4 is 11.8 Å². The van der Waals surface area contributed by atoms with E-state index in [0.29, 0.717) is 11.8 Å². The highest BCUT2D eigenvalue weighted by Gasteiger charge is 2.29. The molecule has 0 bridgehead atoms. The predicted octanol–water partition coefficient (Wildman–Crippen LogP) is 3.34. The van der Waals surface area contributed by atoms with Gasteiger partial charge in [0.25, 0.3) is 0 Å². The van der Waals surface area contributed by atoms with Crippen molar-refractivity contribution in [3.8, 4) is 11.5 Å². The first kappa shape index (κ1) is 15.0. The number of rotatable bonds is 4. The molecule has 0 amide bonds. The minimum absolute atomic E-state index is 0.547. The van der Waals surface area contributed by atoms with E-state index < -0.39 is 0 Å². The van der Waals surface area contributed by atoms with Gasteiger partial charge in [-0.25, -0.2) is 0 Å². The van der Waals surface area contributed by atoms with Gasteiger partial charge in [-0.15, -0.1) is 11.8 Å². The third-order valence-electron chi connectivity index (χ3n) is 4.05. The van der Waals surface area contributed by atoms with Crippen molar-refractivity contribution in [1.82, 2.24) is 0 Å². The molecule has 2 heterocycles. The van der Waals surface area contributed by atoms with Gasteiger partial charge in [0.2, 0.25) is 0 Å². The fourth-order valence-electron chi connectivity index (χ4n) is 3.27. The standard InChI is InChI=1S/C17H25NO2S/c1-11(2)21-17-14-6-4-9-19-15(14)13(7-8-18)12-5-3-10-20-16(12)17/h11H,3-10,18H2,1-2H3. The van der Waals surface area contributed by atoms with Crippen LogP contribution in [0.2, 0.25) is 0 Å². The Morgan fingerprint density at radius 2 is 1.71 bits per heavy atom. The lowest BCUT2D eigenvalue weighted by Crippen LogP contribution is -2.20. The molecule has 3 rings (SSSR count). The topological polar surface area (TPSA) is 44.5 Å². The fraction of sp³-hybridized carbons (Fsp3) is 0.647. The van der Waals surface area contributed by atoms with Crippen LogP contribution in [0, 0.1) is 0 Å². The van der Waals surface area contributed by atoms with E-state index in [-0.39, 0.29) is 0 Å². The van der Waals surface area contributed by atoms with Gasteiger partial charge in [0, 0.05) is 21.9 Å². The summed E-state index contributed by atoms with van der Waals surface area (Å²) in [5, 5.41) is 0.547. The fourth-order valence-corrected chi connectivity index (χ4v) is 4.36. The summed E-state index contributed by atoms with van der Waals surface area (Å²) in [5.41, 5.74) is 9.88. The molecule has 116 valence electrons. The van der Waals surface area contributed by atoms with Crippen LogP contribution in [0.5, 0.6) is 11.5 Å². The lowest BCUT2D eigenvalue weighted by Gasteiger charge is -2.31. The summed E-state index contributed by atoms with van der Waals surface area (Å²) in [4.78, 5) is 1.33. The molecule has 2 N–H and O–H groups in total. The maximum atomic E-state index is 6.09. The molecule has 0 spiro atoms. The van der Waals surface area contributed by atoms with Gasteiger partial charge in [-0.05, 0) is 38.6 Å². The highest BCUT2D eigenvalue weighted by atomic mass is 32.2. The van der Waals surface area contributed by atoms with E-state index in [1.165, 1.54) is 21.6 Å². The largest absolute Gasteiger partial charge is 0.493 e. The van der Waals surface area contributed by atoms with Gasteiger partial charge in [0.15, 0.2) is 0 Å². The lowest BCUT2D eigenvalue weighted by atomic mass is 9.91. The van der Waals surface area contributed by atoms with Gasteiger partial charge in [-0.3, -0.25) is 0 Å². The summed E-state index contributed by atoms with van der Waals surface area (Å²) in [6, 6.07) is 0. The first-order valence-electron chi connectivity index (χ1n) is 8.05. The Kier molecular flexibility index (Phi) is 4.65. The molecule has 1 aromatic carbocycles. The van der Waals surface area contributed by atoms with E-state index in [4.69, 9.17) is 15.2 Å². The first-order chi connectivity index (χ1) is 10.2. The summed E-state index contributed by atoms with van der Waals surface area (Å²) < 4.78 is 12.2. The van der Waals surface area contributed by atoms with Crippen molar-refractivity contribution in [1.29, 1.82) is 0 Å². The Hall–Kier alpha value is -0.870. The number of hydrogen-bond donors (Lipinski definition) is 1. The molecule has 3 nitrogen and oxygen atoms in total. The molecule has 1 aromatic rings. The van der Waals surface area contributed by atoms with Crippen LogP contribution in [-0.4, -0.2) is 25.0 Å². The average molecular weight is 307 g/mol. The third kappa shape index (κ3) is 2.88. The van der Waals surface area contributed by atoms with Crippen LogP contribution in [0.15, 0.2) is 4.90 Å². The number of thioether (sulfide) groups is 1. The molecule has 0 aliphatic carbocycles. The van der Waals surface area contributed by atoms with E-state index in [1.807, 2.05) is 11.8 Å². The van der Waals surface area contributed by atoms with Gasteiger partial charge < -0.3 is 15.2 Å². The molecule has 0 radical (unpaired) electrons. The molecule has 0 saturated carbocycles. The van der Waals surface area contributed by atoms with Crippen LogP contribution in [0.1, 0.15) is 43.4 Å². The number of nitrogens with two attached hydrogens (primary N) is 1. The molecule has 0 aromatic heterocycles. The van der Waals surface area contributed by atoms with Gasteiger partial charge in [-0.2, -0.15) is 0 Å². The Labute approximate surface area is 131 Å². The smallest absolute Gasteiger partial charge is 0.136 e. The van der Waals surface area contributed by atoms with Crippen LogP contribution < -0.4 is 15.2 Å². The second-order valence-corrected chi connectivity index (χ2v) is 7.62. The number of ether oxygens (including phenoxy) is 2. The summed E-state index contributed by atoms with van der Waals surface area (Å²) >= 11 is 1.92. The molecular weight excluding hydrogens is 282 g/mol. The van der Waals surface area contributed by atoms with Crippen LogP contribution in [0.25, 0.3) is 0 Å². The number of hydrogen-bond acceptors (Lipinski definition) is 4. The predicted molar refractivity (Wildman–Crippen MR) is 87.8 cm³/mol. The second kappa shape index (κ2) is 6.49. The van der Waals surface area contributed by atoms with Gasteiger partial charge >= 0.3 is 0 Å². The second-order valence-electron chi connectivity index (χ2n) is 6.03. The van der Waals surface area contributed by atoms with E-state index in [9.17, 15) is 0 Å². The summed E-state index contributed by atoms with van der Waals surface area (Å²) in [5.74, 6) is 2.26. The molecule has 0 fully saturated rings. The van der Waals surface area contributed by atoms with Crippen molar-refractivity contribution < 1.29 is 9.47 Å². The zero-order chi connectivity index (χ0) is 14.8. The van der Waals surface area contributed by atoms with Gasteiger partial charge in [0.1, 0.15) is 11.5 Å². The summed E-state index contributed by atoms with van der Waals surface area (Å²) in [6.45, 7) is 6.81. The monoisotopic (exact) mass is 307 g/mol. The summed E-state index contributed by atoms with van der Waals surface area (Å²) in [6.07, 6.45) is 5.26. The molecule has 4 heteroatoms.